The Labute approximate surface area is 125 Å². The maximum atomic E-state index is 11.7. The first-order valence-electron chi connectivity index (χ1n) is 7.11. The highest BCUT2D eigenvalue weighted by molar-refractivity contribution is 5.77. The molecule has 5 heteroatoms. The van der Waals surface area contributed by atoms with E-state index in [4.69, 9.17) is 9.84 Å². The van der Waals surface area contributed by atoms with E-state index < -0.39 is 5.97 Å². The Morgan fingerprint density at radius 1 is 1.33 bits per heavy atom. The normalized spacial score (nSPS) is 11.8. The number of hydrogen-bond acceptors (Lipinski definition) is 3. The Hall–Kier alpha value is -2.04. The van der Waals surface area contributed by atoms with E-state index in [1.54, 1.807) is 0 Å². The first-order valence-corrected chi connectivity index (χ1v) is 7.11. The van der Waals surface area contributed by atoms with Crippen LogP contribution >= 0.6 is 0 Å². The minimum Gasteiger partial charge on any atom is -0.483 e. The van der Waals surface area contributed by atoms with Crippen molar-refractivity contribution in [2.75, 3.05) is 13.2 Å². The molecule has 0 aliphatic rings. The standard InChI is InChI=1S/C16H23NO4/c1-4-13(8-16(19)20)9-17-15(18)10-21-14-7-5-6-11(2)12(14)3/h5-7,13H,4,8-10H2,1-3H3,(H,17,18)(H,19,20). The van der Waals surface area contributed by atoms with Crippen LogP contribution in [-0.2, 0) is 9.59 Å². The van der Waals surface area contributed by atoms with Crippen molar-refractivity contribution in [3.05, 3.63) is 29.3 Å². The quantitative estimate of drug-likeness (QED) is 0.771. The molecule has 1 amide bonds. The molecule has 1 atom stereocenters. The maximum Gasteiger partial charge on any atom is 0.303 e. The summed E-state index contributed by atoms with van der Waals surface area (Å²) >= 11 is 0. The van der Waals surface area contributed by atoms with Crippen LogP contribution in [-0.4, -0.2) is 30.1 Å². The van der Waals surface area contributed by atoms with Crippen LogP contribution in [0.3, 0.4) is 0 Å². The molecular weight excluding hydrogens is 270 g/mol. The third-order valence-electron chi connectivity index (χ3n) is 3.54. The second-order valence-electron chi connectivity index (χ2n) is 5.16. The molecule has 0 aromatic heterocycles. The van der Waals surface area contributed by atoms with Gasteiger partial charge < -0.3 is 15.2 Å². The van der Waals surface area contributed by atoms with Crippen LogP contribution in [0.25, 0.3) is 0 Å². The summed E-state index contributed by atoms with van der Waals surface area (Å²) < 4.78 is 5.50. The van der Waals surface area contributed by atoms with Gasteiger partial charge in [0.25, 0.3) is 5.91 Å². The lowest BCUT2D eigenvalue weighted by molar-refractivity contribution is -0.138. The van der Waals surface area contributed by atoms with Crippen molar-refractivity contribution in [2.24, 2.45) is 5.92 Å². The number of carbonyl (C=O) groups excluding carboxylic acids is 1. The molecule has 0 spiro atoms. The van der Waals surface area contributed by atoms with Gasteiger partial charge in [0.1, 0.15) is 5.75 Å². The molecule has 0 saturated carbocycles. The molecule has 0 aliphatic carbocycles. The van der Waals surface area contributed by atoms with Gasteiger partial charge in [-0.2, -0.15) is 0 Å². The monoisotopic (exact) mass is 293 g/mol. The molecule has 0 fully saturated rings. The van der Waals surface area contributed by atoms with Gasteiger partial charge in [-0.3, -0.25) is 9.59 Å². The zero-order chi connectivity index (χ0) is 15.8. The van der Waals surface area contributed by atoms with Crippen molar-refractivity contribution in [1.29, 1.82) is 0 Å². The number of nitrogens with one attached hydrogen (secondary N) is 1. The van der Waals surface area contributed by atoms with Gasteiger partial charge in [-0.1, -0.05) is 25.5 Å². The fourth-order valence-electron chi connectivity index (χ4n) is 1.94. The molecule has 5 nitrogen and oxygen atoms in total. The van der Waals surface area contributed by atoms with E-state index >= 15 is 0 Å². The number of rotatable bonds is 8. The summed E-state index contributed by atoms with van der Waals surface area (Å²) in [6.07, 6.45) is 0.777. The van der Waals surface area contributed by atoms with Crippen LogP contribution in [0.5, 0.6) is 5.75 Å². The Morgan fingerprint density at radius 2 is 2.05 bits per heavy atom. The summed E-state index contributed by atoms with van der Waals surface area (Å²) in [6.45, 7) is 6.14. The minimum atomic E-state index is -0.845. The first kappa shape index (κ1) is 17.0. The number of carbonyl (C=O) groups is 2. The van der Waals surface area contributed by atoms with Gasteiger partial charge in [-0.05, 0) is 37.0 Å². The van der Waals surface area contributed by atoms with Crippen molar-refractivity contribution in [3.63, 3.8) is 0 Å². The molecule has 0 heterocycles. The maximum absolute atomic E-state index is 11.7. The van der Waals surface area contributed by atoms with Crippen LogP contribution in [0.1, 0.15) is 30.9 Å². The number of ether oxygens (including phenoxy) is 1. The molecule has 1 unspecified atom stereocenters. The summed E-state index contributed by atoms with van der Waals surface area (Å²) in [5, 5.41) is 11.5. The largest absolute Gasteiger partial charge is 0.483 e. The molecule has 1 aromatic rings. The third kappa shape index (κ3) is 5.85. The highest BCUT2D eigenvalue weighted by Crippen LogP contribution is 2.20. The van der Waals surface area contributed by atoms with Crippen LogP contribution in [0.2, 0.25) is 0 Å². The van der Waals surface area contributed by atoms with Crippen LogP contribution in [0.4, 0.5) is 0 Å². The molecule has 1 aromatic carbocycles. The lowest BCUT2D eigenvalue weighted by atomic mass is 10.0. The summed E-state index contributed by atoms with van der Waals surface area (Å²) in [5.41, 5.74) is 2.13. The van der Waals surface area contributed by atoms with Gasteiger partial charge in [-0.25, -0.2) is 0 Å². The highest BCUT2D eigenvalue weighted by Gasteiger charge is 2.13. The van der Waals surface area contributed by atoms with Crippen molar-refractivity contribution < 1.29 is 19.4 Å². The zero-order valence-corrected chi connectivity index (χ0v) is 12.8. The van der Waals surface area contributed by atoms with E-state index in [1.807, 2.05) is 39.0 Å². The molecule has 0 saturated heterocycles. The summed E-state index contributed by atoms with van der Waals surface area (Å²) in [7, 11) is 0. The summed E-state index contributed by atoms with van der Waals surface area (Å²) in [4.78, 5) is 22.4. The predicted octanol–water partition coefficient (Wildman–Crippen LogP) is 2.30. The molecule has 21 heavy (non-hydrogen) atoms. The zero-order valence-electron chi connectivity index (χ0n) is 12.8. The van der Waals surface area contributed by atoms with Gasteiger partial charge >= 0.3 is 5.97 Å². The fraction of sp³-hybridized carbons (Fsp3) is 0.500. The Morgan fingerprint density at radius 3 is 2.67 bits per heavy atom. The number of aliphatic carboxylic acids is 1. The molecule has 0 radical (unpaired) electrons. The van der Waals surface area contributed by atoms with E-state index in [-0.39, 0.29) is 24.9 Å². The summed E-state index contributed by atoms with van der Waals surface area (Å²) in [6, 6.07) is 5.70. The van der Waals surface area contributed by atoms with Gasteiger partial charge in [-0.15, -0.1) is 0 Å². The third-order valence-corrected chi connectivity index (χ3v) is 3.54. The van der Waals surface area contributed by atoms with Crippen molar-refractivity contribution in [2.45, 2.75) is 33.6 Å². The Balaban J connectivity index is 2.40. The lowest BCUT2D eigenvalue weighted by Gasteiger charge is -2.14. The fourth-order valence-corrected chi connectivity index (χ4v) is 1.94. The lowest BCUT2D eigenvalue weighted by Crippen LogP contribution is -2.33. The van der Waals surface area contributed by atoms with Crippen LogP contribution in [0.15, 0.2) is 18.2 Å². The van der Waals surface area contributed by atoms with Crippen molar-refractivity contribution >= 4 is 11.9 Å². The second-order valence-corrected chi connectivity index (χ2v) is 5.16. The molecular formula is C16H23NO4. The number of carboxylic acids is 1. The number of amides is 1. The van der Waals surface area contributed by atoms with E-state index in [9.17, 15) is 9.59 Å². The van der Waals surface area contributed by atoms with E-state index in [1.165, 1.54) is 0 Å². The minimum absolute atomic E-state index is 0.0489. The summed E-state index contributed by atoms with van der Waals surface area (Å²) in [5.74, 6) is -0.433. The van der Waals surface area contributed by atoms with Gasteiger partial charge in [0.15, 0.2) is 6.61 Å². The van der Waals surface area contributed by atoms with Crippen LogP contribution in [0, 0.1) is 19.8 Å². The average Bonchev–Trinajstić information content (AvgIpc) is 2.44. The molecule has 0 bridgehead atoms. The second kappa shape index (κ2) is 8.29. The molecule has 2 N–H and O–H groups in total. The van der Waals surface area contributed by atoms with E-state index in [0.717, 1.165) is 11.1 Å². The van der Waals surface area contributed by atoms with Gasteiger partial charge in [0.05, 0.1) is 0 Å². The highest BCUT2D eigenvalue weighted by atomic mass is 16.5. The predicted molar refractivity (Wildman–Crippen MR) is 80.5 cm³/mol. The molecule has 0 aliphatic heterocycles. The average molecular weight is 293 g/mol. The number of carboxylic acid groups (broad SMARTS) is 1. The number of aryl methyl sites for hydroxylation is 1. The Bertz CT molecular complexity index is 499. The molecule has 1 rings (SSSR count). The van der Waals surface area contributed by atoms with Gasteiger partial charge in [0, 0.05) is 13.0 Å². The number of hydrogen-bond donors (Lipinski definition) is 2. The van der Waals surface area contributed by atoms with Gasteiger partial charge in [0.2, 0.25) is 0 Å². The first-order chi connectivity index (χ1) is 9.93. The molecule has 116 valence electrons. The Kier molecular flexibility index (Phi) is 6.72. The SMILES string of the molecule is CCC(CNC(=O)COc1cccc(C)c1C)CC(=O)O. The van der Waals surface area contributed by atoms with E-state index in [0.29, 0.717) is 18.7 Å². The topological polar surface area (TPSA) is 75.6 Å². The van der Waals surface area contributed by atoms with Crippen molar-refractivity contribution in [1.82, 2.24) is 5.32 Å². The van der Waals surface area contributed by atoms with Crippen LogP contribution < -0.4 is 10.1 Å². The van der Waals surface area contributed by atoms with Crippen molar-refractivity contribution in [3.8, 4) is 5.75 Å². The number of benzene rings is 1. The van der Waals surface area contributed by atoms with E-state index in [2.05, 4.69) is 5.32 Å². The smallest absolute Gasteiger partial charge is 0.303 e.